The molecule has 0 amide bonds. The van der Waals surface area contributed by atoms with E-state index < -0.39 is 44.0 Å². The lowest BCUT2D eigenvalue weighted by Gasteiger charge is -2.35. The number of benzene rings is 1. The minimum Gasteiger partial charge on any atom is -0.375 e. The summed E-state index contributed by atoms with van der Waals surface area (Å²) in [6, 6.07) is 1.43. The van der Waals surface area contributed by atoms with Crippen LogP contribution in [0.2, 0.25) is 0 Å². The van der Waals surface area contributed by atoms with Crippen molar-refractivity contribution in [3.8, 4) is 0 Å². The molecule has 0 aromatic heterocycles. The second-order valence-corrected chi connectivity index (χ2v) is 7.17. The first-order valence-electron chi connectivity index (χ1n) is 6.45. The van der Waals surface area contributed by atoms with Gasteiger partial charge in [-0.05, 0) is 26.0 Å². The predicted octanol–water partition coefficient (Wildman–Crippen LogP) is 2.50. The highest BCUT2D eigenvalue weighted by atomic mass is 35.5. The fourth-order valence-electron chi connectivity index (χ4n) is 2.23. The standard InChI is InChI=1S/C13H16ClF2NO3S/c1-8-7-20-9(2)6-17(8)21(18,19)12-4-3-11(15)10(5-14)13(12)16/h3-4,8-9H,5-7H2,1-2H3. The molecule has 1 aliphatic rings. The Morgan fingerprint density at radius 2 is 2.05 bits per heavy atom. The van der Waals surface area contributed by atoms with Crippen LogP contribution in [0.1, 0.15) is 19.4 Å². The molecule has 0 radical (unpaired) electrons. The van der Waals surface area contributed by atoms with Gasteiger partial charge in [-0.3, -0.25) is 0 Å². The highest BCUT2D eigenvalue weighted by Gasteiger charge is 2.36. The third-order valence-electron chi connectivity index (χ3n) is 3.42. The van der Waals surface area contributed by atoms with Crippen molar-refractivity contribution in [2.45, 2.75) is 36.8 Å². The fraction of sp³-hybridized carbons (Fsp3) is 0.538. The third-order valence-corrected chi connectivity index (χ3v) is 5.69. The Labute approximate surface area is 127 Å². The average Bonchev–Trinajstić information content (AvgIpc) is 2.41. The van der Waals surface area contributed by atoms with Gasteiger partial charge in [0.1, 0.15) is 10.7 Å². The van der Waals surface area contributed by atoms with Gasteiger partial charge in [0.25, 0.3) is 0 Å². The topological polar surface area (TPSA) is 46.6 Å². The van der Waals surface area contributed by atoms with E-state index in [-0.39, 0.29) is 19.3 Å². The van der Waals surface area contributed by atoms with Crippen molar-refractivity contribution in [3.63, 3.8) is 0 Å². The van der Waals surface area contributed by atoms with E-state index in [2.05, 4.69) is 0 Å². The van der Waals surface area contributed by atoms with Crippen molar-refractivity contribution >= 4 is 21.6 Å². The van der Waals surface area contributed by atoms with Gasteiger partial charge in [0.15, 0.2) is 5.82 Å². The molecule has 0 N–H and O–H groups in total. The average molecular weight is 340 g/mol. The molecule has 0 aliphatic carbocycles. The first kappa shape index (κ1) is 16.6. The Morgan fingerprint density at radius 1 is 1.38 bits per heavy atom. The summed E-state index contributed by atoms with van der Waals surface area (Å²) < 4.78 is 59.5. The number of rotatable bonds is 3. The first-order chi connectivity index (χ1) is 9.78. The van der Waals surface area contributed by atoms with Crippen molar-refractivity contribution in [2.75, 3.05) is 13.2 Å². The number of alkyl halides is 1. The molecule has 4 nitrogen and oxygen atoms in total. The van der Waals surface area contributed by atoms with E-state index in [1.54, 1.807) is 13.8 Å². The summed E-state index contributed by atoms with van der Waals surface area (Å²) in [6.07, 6.45) is -0.285. The SMILES string of the molecule is CC1CN(S(=O)(=O)c2ccc(F)c(CCl)c2F)C(C)CO1. The molecule has 8 heteroatoms. The predicted molar refractivity (Wildman–Crippen MR) is 74.7 cm³/mol. The maximum atomic E-state index is 14.2. The van der Waals surface area contributed by atoms with Crippen LogP contribution in [0.5, 0.6) is 0 Å². The second-order valence-electron chi connectivity index (χ2n) is 5.04. The maximum Gasteiger partial charge on any atom is 0.246 e. The van der Waals surface area contributed by atoms with Crippen LogP contribution >= 0.6 is 11.6 Å². The largest absolute Gasteiger partial charge is 0.375 e. The van der Waals surface area contributed by atoms with E-state index in [4.69, 9.17) is 16.3 Å². The van der Waals surface area contributed by atoms with E-state index in [0.717, 1.165) is 12.1 Å². The van der Waals surface area contributed by atoms with E-state index in [0.29, 0.717) is 0 Å². The molecule has 1 aromatic rings. The highest BCUT2D eigenvalue weighted by molar-refractivity contribution is 7.89. The van der Waals surface area contributed by atoms with E-state index >= 15 is 0 Å². The van der Waals surface area contributed by atoms with Crippen LogP contribution < -0.4 is 0 Å². The molecule has 21 heavy (non-hydrogen) atoms. The summed E-state index contributed by atoms with van der Waals surface area (Å²) in [7, 11) is -4.07. The fourth-order valence-corrected chi connectivity index (χ4v) is 4.26. The van der Waals surface area contributed by atoms with Gasteiger partial charge in [-0.2, -0.15) is 4.31 Å². The summed E-state index contributed by atoms with van der Waals surface area (Å²) in [5.41, 5.74) is -0.438. The van der Waals surface area contributed by atoms with Gasteiger partial charge in [0, 0.05) is 18.2 Å². The van der Waals surface area contributed by atoms with Crippen LogP contribution in [0.3, 0.4) is 0 Å². The lowest BCUT2D eigenvalue weighted by Crippen LogP contribution is -2.50. The Balaban J connectivity index is 2.49. The quantitative estimate of drug-likeness (QED) is 0.795. The summed E-state index contributed by atoms with van der Waals surface area (Å²) in [4.78, 5) is -0.555. The lowest BCUT2D eigenvalue weighted by molar-refractivity contribution is -0.0171. The van der Waals surface area contributed by atoms with Crippen LogP contribution in [0.15, 0.2) is 17.0 Å². The number of halogens is 3. The summed E-state index contributed by atoms with van der Waals surface area (Å²) in [5, 5.41) is 0. The normalized spacial score (nSPS) is 24.2. The monoisotopic (exact) mass is 339 g/mol. The first-order valence-corrected chi connectivity index (χ1v) is 8.42. The van der Waals surface area contributed by atoms with Gasteiger partial charge >= 0.3 is 0 Å². The highest BCUT2D eigenvalue weighted by Crippen LogP contribution is 2.28. The van der Waals surface area contributed by atoms with Crippen LogP contribution in [0.25, 0.3) is 0 Å². The Morgan fingerprint density at radius 3 is 2.67 bits per heavy atom. The molecule has 0 bridgehead atoms. The zero-order chi connectivity index (χ0) is 15.8. The van der Waals surface area contributed by atoms with Crippen molar-refractivity contribution < 1.29 is 21.9 Å². The zero-order valence-corrected chi connectivity index (χ0v) is 13.2. The van der Waals surface area contributed by atoms with E-state index in [1.165, 1.54) is 4.31 Å². The van der Waals surface area contributed by atoms with Crippen molar-refractivity contribution in [1.29, 1.82) is 0 Å². The number of nitrogens with zero attached hydrogens (tertiary/aromatic N) is 1. The molecule has 1 saturated heterocycles. The third kappa shape index (κ3) is 3.06. The van der Waals surface area contributed by atoms with Gasteiger partial charge < -0.3 is 4.74 Å². The molecule has 2 rings (SSSR count). The van der Waals surface area contributed by atoms with Crippen LogP contribution in [-0.4, -0.2) is 38.0 Å². The van der Waals surface area contributed by atoms with Crippen LogP contribution in [-0.2, 0) is 20.6 Å². The van der Waals surface area contributed by atoms with Crippen LogP contribution in [0, 0.1) is 11.6 Å². The van der Waals surface area contributed by atoms with Crippen molar-refractivity contribution in [1.82, 2.24) is 4.31 Å². The molecule has 1 aromatic carbocycles. The summed E-state index contributed by atoms with van der Waals surface area (Å²) in [5.74, 6) is -2.42. The molecule has 2 atom stereocenters. The molecular formula is C13H16ClF2NO3S. The Bertz CT molecular complexity index is 639. The number of sulfonamides is 1. The minimum atomic E-state index is -4.07. The lowest BCUT2D eigenvalue weighted by atomic mass is 10.2. The number of ether oxygens (including phenoxy) is 1. The minimum absolute atomic E-state index is 0.122. The number of hydrogen-bond donors (Lipinski definition) is 0. The van der Waals surface area contributed by atoms with E-state index in [9.17, 15) is 17.2 Å². The molecule has 1 heterocycles. The number of hydrogen-bond acceptors (Lipinski definition) is 3. The van der Waals surface area contributed by atoms with Crippen LogP contribution in [0.4, 0.5) is 8.78 Å². The molecule has 1 aliphatic heterocycles. The van der Waals surface area contributed by atoms with Crippen molar-refractivity contribution in [2.24, 2.45) is 0 Å². The smallest absolute Gasteiger partial charge is 0.246 e. The van der Waals surface area contributed by atoms with E-state index in [1.807, 2.05) is 0 Å². The molecule has 118 valence electrons. The van der Waals surface area contributed by atoms with Crippen molar-refractivity contribution in [3.05, 3.63) is 29.3 Å². The molecule has 0 spiro atoms. The van der Waals surface area contributed by atoms with Gasteiger partial charge in [0.05, 0.1) is 18.6 Å². The van der Waals surface area contributed by atoms with Gasteiger partial charge in [-0.25, -0.2) is 17.2 Å². The molecular weight excluding hydrogens is 324 g/mol. The number of morpholine rings is 1. The molecule has 1 fully saturated rings. The molecule has 2 unspecified atom stereocenters. The van der Waals surface area contributed by atoms with Gasteiger partial charge in [0.2, 0.25) is 10.0 Å². The van der Waals surface area contributed by atoms with Gasteiger partial charge in [-0.15, -0.1) is 11.6 Å². The zero-order valence-electron chi connectivity index (χ0n) is 11.6. The Kier molecular flexibility index (Phi) is 4.87. The maximum absolute atomic E-state index is 14.2. The Hall–Kier alpha value is -0.760. The molecule has 0 saturated carbocycles. The summed E-state index contributed by atoms with van der Waals surface area (Å²) in [6.45, 7) is 3.76. The van der Waals surface area contributed by atoms with Gasteiger partial charge in [-0.1, -0.05) is 0 Å². The second kappa shape index (κ2) is 6.16. The summed E-state index contributed by atoms with van der Waals surface area (Å²) >= 11 is 5.49.